The van der Waals surface area contributed by atoms with Crippen molar-refractivity contribution >= 4 is 38.9 Å². The molecule has 0 amide bonds. The summed E-state index contributed by atoms with van der Waals surface area (Å²) in [6.07, 6.45) is 0.904. The van der Waals surface area contributed by atoms with E-state index in [4.69, 9.17) is 12.2 Å². The third-order valence-electron chi connectivity index (χ3n) is 3.93. The van der Waals surface area contributed by atoms with Gasteiger partial charge in [0.1, 0.15) is 5.82 Å². The van der Waals surface area contributed by atoms with E-state index in [0.29, 0.717) is 15.3 Å². The van der Waals surface area contributed by atoms with Crippen molar-refractivity contribution in [3.63, 3.8) is 0 Å². The molecule has 2 nitrogen and oxygen atoms in total. The highest BCUT2D eigenvalue weighted by atomic mass is 79.9. The summed E-state index contributed by atoms with van der Waals surface area (Å²) in [5.41, 5.74) is 1.67. The topological polar surface area (TPSA) is 24.1 Å². The van der Waals surface area contributed by atoms with Crippen molar-refractivity contribution in [2.24, 2.45) is 0 Å². The molecule has 0 saturated heterocycles. The molecule has 0 bridgehead atoms. The van der Waals surface area contributed by atoms with E-state index < -0.39 is 0 Å². The quantitative estimate of drug-likeness (QED) is 0.626. The molecule has 2 aromatic carbocycles. The van der Waals surface area contributed by atoms with Crippen LogP contribution >= 0.6 is 28.1 Å². The number of anilines is 1. The first kappa shape index (κ1) is 18.9. The smallest absolute Gasteiger partial charge is 0.171 e. The summed E-state index contributed by atoms with van der Waals surface area (Å²) in [6, 6.07) is 15.4. The summed E-state index contributed by atoms with van der Waals surface area (Å²) in [6.45, 7) is 6.51. The van der Waals surface area contributed by atoms with E-state index in [2.05, 4.69) is 71.6 Å². The van der Waals surface area contributed by atoms with Crippen LogP contribution in [0.4, 0.5) is 10.1 Å². The molecular weight excluding hydrogens is 387 g/mol. The van der Waals surface area contributed by atoms with Gasteiger partial charge in [-0.3, -0.25) is 0 Å². The summed E-state index contributed by atoms with van der Waals surface area (Å²) in [7, 11) is 0. The Labute approximate surface area is 157 Å². The van der Waals surface area contributed by atoms with Gasteiger partial charge in [-0.05, 0) is 54.7 Å². The molecule has 2 aromatic rings. The minimum absolute atomic E-state index is 0.0200. The van der Waals surface area contributed by atoms with E-state index in [1.807, 2.05) is 6.07 Å². The molecule has 0 saturated carbocycles. The standard InChI is InChI=1S/C19H22BrFN2S/c1-13(12-19(2,3)14-7-5-4-6-8-14)22-18(24)23-17-10-9-15(20)11-16(17)21/h4-11,13H,12H2,1-3H3,(H2,22,23,24). The van der Waals surface area contributed by atoms with Crippen molar-refractivity contribution in [2.45, 2.75) is 38.6 Å². The summed E-state index contributed by atoms with van der Waals surface area (Å²) in [4.78, 5) is 0. The molecule has 0 fully saturated rings. The summed E-state index contributed by atoms with van der Waals surface area (Å²) in [5, 5.41) is 6.58. The lowest BCUT2D eigenvalue weighted by atomic mass is 9.79. The molecule has 0 aromatic heterocycles. The van der Waals surface area contributed by atoms with Gasteiger partial charge >= 0.3 is 0 Å². The fraction of sp³-hybridized carbons (Fsp3) is 0.316. The number of nitrogens with one attached hydrogen (secondary N) is 2. The van der Waals surface area contributed by atoms with Gasteiger partial charge in [0.05, 0.1) is 5.69 Å². The first-order chi connectivity index (χ1) is 11.3. The Balaban J connectivity index is 1.94. The maximum atomic E-state index is 13.9. The first-order valence-corrected chi connectivity index (χ1v) is 9.06. The molecule has 0 aliphatic heterocycles. The molecule has 1 atom stereocenters. The molecule has 5 heteroatoms. The van der Waals surface area contributed by atoms with Crippen LogP contribution in [0.5, 0.6) is 0 Å². The van der Waals surface area contributed by atoms with E-state index in [1.54, 1.807) is 12.1 Å². The zero-order valence-corrected chi connectivity index (χ0v) is 16.5. The summed E-state index contributed by atoms with van der Waals surface area (Å²) < 4.78 is 14.6. The van der Waals surface area contributed by atoms with Crippen LogP contribution in [-0.4, -0.2) is 11.2 Å². The summed E-state index contributed by atoms with van der Waals surface area (Å²) in [5.74, 6) is -0.342. The van der Waals surface area contributed by atoms with Crippen LogP contribution in [0, 0.1) is 5.82 Å². The number of benzene rings is 2. The second-order valence-corrected chi connectivity index (χ2v) is 7.90. The Kier molecular flexibility index (Phi) is 6.35. The molecule has 2 rings (SSSR count). The molecule has 128 valence electrons. The van der Waals surface area contributed by atoms with Crippen LogP contribution in [0.1, 0.15) is 32.8 Å². The van der Waals surface area contributed by atoms with Crippen LogP contribution in [0.2, 0.25) is 0 Å². The van der Waals surface area contributed by atoms with Gasteiger partial charge in [0.15, 0.2) is 5.11 Å². The van der Waals surface area contributed by atoms with E-state index in [1.165, 1.54) is 11.6 Å². The summed E-state index contributed by atoms with van der Waals surface area (Å²) >= 11 is 8.55. The van der Waals surface area contributed by atoms with Crippen molar-refractivity contribution in [3.8, 4) is 0 Å². The van der Waals surface area contributed by atoms with Crippen molar-refractivity contribution in [2.75, 3.05) is 5.32 Å². The molecule has 0 radical (unpaired) electrons. The third kappa shape index (κ3) is 5.28. The lowest BCUT2D eigenvalue weighted by Gasteiger charge is -2.29. The van der Waals surface area contributed by atoms with E-state index >= 15 is 0 Å². The monoisotopic (exact) mass is 408 g/mol. The third-order valence-corrected chi connectivity index (χ3v) is 4.64. The number of rotatable bonds is 5. The largest absolute Gasteiger partial charge is 0.360 e. The first-order valence-electron chi connectivity index (χ1n) is 7.86. The number of hydrogen-bond acceptors (Lipinski definition) is 1. The van der Waals surface area contributed by atoms with Crippen molar-refractivity contribution in [1.29, 1.82) is 0 Å². The Morgan fingerprint density at radius 1 is 1.21 bits per heavy atom. The fourth-order valence-corrected chi connectivity index (χ4v) is 3.44. The minimum Gasteiger partial charge on any atom is -0.360 e. The SMILES string of the molecule is CC(CC(C)(C)c1ccccc1)NC(=S)Nc1ccc(Br)cc1F. The molecular formula is C19H22BrFN2S. The number of hydrogen-bond donors (Lipinski definition) is 2. The highest BCUT2D eigenvalue weighted by molar-refractivity contribution is 9.10. The Hall–Kier alpha value is -1.46. The zero-order valence-electron chi connectivity index (χ0n) is 14.1. The van der Waals surface area contributed by atoms with Gasteiger partial charge < -0.3 is 10.6 Å². The van der Waals surface area contributed by atoms with Gasteiger partial charge in [0, 0.05) is 10.5 Å². The van der Waals surface area contributed by atoms with Gasteiger partial charge in [0.2, 0.25) is 0 Å². The molecule has 0 spiro atoms. The van der Waals surface area contributed by atoms with Crippen LogP contribution in [0.25, 0.3) is 0 Å². The number of halogens is 2. The zero-order chi connectivity index (χ0) is 17.7. The van der Waals surface area contributed by atoms with Crippen molar-refractivity contribution in [1.82, 2.24) is 5.32 Å². The molecule has 0 aliphatic rings. The average molecular weight is 409 g/mol. The highest BCUT2D eigenvalue weighted by Gasteiger charge is 2.23. The van der Waals surface area contributed by atoms with Gasteiger partial charge in [0.25, 0.3) is 0 Å². The normalized spacial score (nSPS) is 12.5. The fourth-order valence-electron chi connectivity index (χ4n) is 2.80. The molecule has 0 aliphatic carbocycles. The lowest BCUT2D eigenvalue weighted by molar-refractivity contribution is 0.420. The van der Waals surface area contributed by atoms with Crippen LogP contribution in [0.3, 0.4) is 0 Å². The second kappa shape index (κ2) is 8.08. The van der Waals surface area contributed by atoms with Crippen LogP contribution in [-0.2, 0) is 5.41 Å². The predicted octanol–water partition coefficient (Wildman–Crippen LogP) is 5.63. The van der Waals surface area contributed by atoms with Gasteiger partial charge in [-0.15, -0.1) is 0 Å². The predicted molar refractivity (Wildman–Crippen MR) is 107 cm³/mol. The van der Waals surface area contributed by atoms with E-state index in [-0.39, 0.29) is 17.3 Å². The molecule has 24 heavy (non-hydrogen) atoms. The Morgan fingerprint density at radius 3 is 2.50 bits per heavy atom. The Morgan fingerprint density at radius 2 is 1.88 bits per heavy atom. The van der Waals surface area contributed by atoms with Crippen LogP contribution in [0.15, 0.2) is 53.0 Å². The van der Waals surface area contributed by atoms with Gasteiger partial charge in [-0.2, -0.15) is 0 Å². The highest BCUT2D eigenvalue weighted by Crippen LogP contribution is 2.28. The molecule has 2 N–H and O–H groups in total. The maximum Gasteiger partial charge on any atom is 0.171 e. The molecule has 0 heterocycles. The second-order valence-electron chi connectivity index (χ2n) is 6.58. The average Bonchev–Trinajstić information content (AvgIpc) is 2.50. The van der Waals surface area contributed by atoms with E-state index in [0.717, 1.165) is 6.42 Å². The molecule has 1 unspecified atom stereocenters. The van der Waals surface area contributed by atoms with Crippen molar-refractivity contribution < 1.29 is 4.39 Å². The van der Waals surface area contributed by atoms with Crippen LogP contribution < -0.4 is 10.6 Å². The minimum atomic E-state index is -0.342. The maximum absolute atomic E-state index is 13.9. The van der Waals surface area contributed by atoms with E-state index in [9.17, 15) is 4.39 Å². The van der Waals surface area contributed by atoms with Gasteiger partial charge in [-0.1, -0.05) is 60.1 Å². The lowest BCUT2D eigenvalue weighted by Crippen LogP contribution is -2.39. The number of thiocarbonyl (C=S) groups is 1. The van der Waals surface area contributed by atoms with Crippen molar-refractivity contribution in [3.05, 3.63) is 64.4 Å². The Bertz CT molecular complexity index is 704. The van der Waals surface area contributed by atoms with Gasteiger partial charge in [-0.25, -0.2) is 4.39 Å².